The molecule has 2 unspecified atom stereocenters. The van der Waals surface area contributed by atoms with E-state index >= 15 is 0 Å². The zero-order valence-electron chi connectivity index (χ0n) is 29.3. The highest BCUT2D eigenvalue weighted by molar-refractivity contribution is 6.01. The Morgan fingerprint density at radius 3 is 1.87 bits per heavy atom. The van der Waals surface area contributed by atoms with Gasteiger partial charge in [0.2, 0.25) is 0 Å². The van der Waals surface area contributed by atoms with E-state index in [9.17, 15) is 0 Å². The summed E-state index contributed by atoms with van der Waals surface area (Å²) in [5, 5.41) is 2.67. The molecule has 2 heterocycles. The predicted octanol–water partition coefficient (Wildman–Crippen LogP) is 12.6. The van der Waals surface area contributed by atoms with Crippen molar-refractivity contribution in [1.29, 1.82) is 0 Å². The molecule has 0 bridgehead atoms. The molecule has 3 nitrogen and oxygen atoms in total. The quantitative estimate of drug-likeness (QED) is 0.176. The van der Waals surface area contributed by atoms with E-state index in [1.807, 2.05) is 30.5 Å². The molecule has 8 aromatic rings. The van der Waals surface area contributed by atoms with Crippen molar-refractivity contribution in [2.45, 2.75) is 12.8 Å². The number of allylic oxidation sites excluding steroid dienone is 2. The van der Waals surface area contributed by atoms with Gasteiger partial charge >= 0.3 is 0 Å². The Morgan fingerprint density at radius 2 is 1.15 bits per heavy atom. The van der Waals surface area contributed by atoms with Crippen LogP contribution in [0, 0.1) is 5.92 Å². The zero-order chi connectivity index (χ0) is 35.3. The van der Waals surface area contributed by atoms with E-state index in [4.69, 9.17) is 9.97 Å². The van der Waals surface area contributed by atoms with Gasteiger partial charge in [-0.25, -0.2) is 9.97 Å². The summed E-state index contributed by atoms with van der Waals surface area (Å²) in [5.74, 6) is 1.37. The van der Waals surface area contributed by atoms with Gasteiger partial charge in [-0.1, -0.05) is 146 Å². The Hall–Kier alpha value is -6.71. The maximum Gasteiger partial charge on any atom is 0.160 e. The summed E-state index contributed by atoms with van der Waals surface area (Å²) in [6.07, 6.45) is 9.03. The van der Waals surface area contributed by atoms with Crippen molar-refractivity contribution in [1.82, 2.24) is 15.0 Å². The molecule has 2 aromatic heterocycles. The van der Waals surface area contributed by atoms with Crippen molar-refractivity contribution in [3.8, 4) is 56.3 Å². The average Bonchev–Trinajstić information content (AvgIpc) is 3.24. The minimum Gasteiger partial charge on any atom is -0.256 e. The van der Waals surface area contributed by atoms with E-state index in [0.29, 0.717) is 17.7 Å². The van der Waals surface area contributed by atoms with Crippen molar-refractivity contribution in [3.05, 3.63) is 198 Å². The molecule has 0 amide bonds. The molecule has 0 fully saturated rings. The zero-order valence-corrected chi connectivity index (χ0v) is 29.3. The highest BCUT2D eigenvalue weighted by atomic mass is 14.9. The Morgan fingerprint density at radius 1 is 0.491 bits per heavy atom. The molecule has 0 spiro atoms. The lowest BCUT2D eigenvalue weighted by atomic mass is 9.70. The highest BCUT2D eigenvalue weighted by Crippen LogP contribution is 2.48. The fraction of sp³-hybridized carbons (Fsp3) is 0.0600. The third-order valence-corrected chi connectivity index (χ3v) is 10.8. The fourth-order valence-electron chi connectivity index (χ4n) is 8.14. The second kappa shape index (κ2) is 12.8. The second-order valence-electron chi connectivity index (χ2n) is 14.1. The summed E-state index contributed by atoms with van der Waals surface area (Å²) >= 11 is 0. The van der Waals surface area contributed by atoms with Crippen molar-refractivity contribution in [3.63, 3.8) is 0 Å². The average molecular weight is 678 g/mol. The summed E-state index contributed by atoms with van der Waals surface area (Å²) in [7, 11) is 0. The number of benzene rings is 6. The van der Waals surface area contributed by atoms with E-state index in [1.165, 1.54) is 33.0 Å². The number of hydrogen-bond acceptors (Lipinski definition) is 3. The van der Waals surface area contributed by atoms with E-state index < -0.39 is 0 Å². The van der Waals surface area contributed by atoms with Crippen molar-refractivity contribution >= 4 is 22.4 Å². The van der Waals surface area contributed by atoms with Gasteiger partial charge in [-0.15, -0.1) is 0 Å². The van der Waals surface area contributed by atoms with Gasteiger partial charge in [-0.2, -0.15) is 0 Å². The van der Waals surface area contributed by atoms with Crippen LogP contribution in [0.15, 0.2) is 176 Å². The van der Waals surface area contributed by atoms with Crippen molar-refractivity contribution in [2.24, 2.45) is 5.92 Å². The monoisotopic (exact) mass is 677 g/mol. The molecular weight excluding hydrogens is 643 g/mol. The van der Waals surface area contributed by atoms with Crippen LogP contribution >= 0.6 is 0 Å². The number of nitrogens with zero attached hydrogens (tertiary/aromatic N) is 3. The summed E-state index contributed by atoms with van der Waals surface area (Å²) in [5.41, 5.74) is 15.6. The molecule has 0 N–H and O–H groups in total. The standard InChI is InChI=1S/C50H35N3/c1-32-27-44(43-25-23-38-16-10-15-37-22-24-42(32)49(43)48(37)38)40-28-39(33-18-20-36(21-19-33)45-17-8-9-26-51-45)29-41(30-40)50-52-46(34-11-4-2-5-12-34)31-47(53-50)35-13-6-3-7-14-35/h2-32,42H,1H3. The fourth-order valence-corrected chi connectivity index (χ4v) is 8.14. The third-order valence-electron chi connectivity index (χ3n) is 10.8. The van der Waals surface area contributed by atoms with Crippen LogP contribution in [0.3, 0.4) is 0 Å². The molecule has 250 valence electrons. The molecule has 2 aliphatic rings. The predicted molar refractivity (Wildman–Crippen MR) is 219 cm³/mol. The normalized spacial score (nSPS) is 15.7. The van der Waals surface area contributed by atoms with Crippen LogP contribution in [0.25, 0.3) is 78.7 Å². The first-order chi connectivity index (χ1) is 26.2. The molecule has 0 saturated carbocycles. The lowest BCUT2D eigenvalue weighted by Gasteiger charge is -2.33. The lowest BCUT2D eigenvalue weighted by molar-refractivity contribution is 0.637. The van der Waals surface area contributed by atoms with Crippen LogP contribution in [0.2, 0.25) is 0 Å². The van der Waals surface area contributed by atoms with Crippen LogP contribution < -0.4 is 0 Å². The molecule has 0 saturated heterocycles. The van der Waals surface area contributed by atoms with Crippen LogP contribution in [0.1, 0.15) is 35.1 Å². The Kier molecular flexibility index (Phi) is 7.51. The second-order valence-corrected chi connectivity index (χ2v) is 14.1. The lowest BCUT2D eigenvalue weighted by Crippen LogP contribution is -2.16. The van der Waals surface area contributed by atoms with Gasteiger partial charge in [0.25, 0.3) is 0 Å². The number of pyridine rings is 1. The van der Waals surface area contributed by atoms with Gasteiger partial charge in [-0.3, -0.25) is 4.98 Å². The first-order valence-electron chi connectivity index (χ1n) is 18.3. The summed E-state index contributed by atoms with van der Waals surface area (Å²) in [4.78, 5) is 15.1. The van der Waals surface area contributed by atoms with Crippen molar-refractivity contribution < 1.29 is 0 Å². The molecule has 2 atom stereocenters. The maximum atomic E-state index is 5.26. The van der Waals surface area contributed by atoms with Gasteiger partial charge in [0, 0.05) is 34.4 Å². The Bertz CT molecular complexity index is 2650. The molecule has 0 radical (unpaired) electrons. The molecule has 0 aliphatic heterocycles. The maximum absolute atomic E-state index is 5.26. The molecular formula is C50H35N3. The Balaban J connectivity index is 1.19. The van der Waals surface area contributed by atoms with Gasteiger partial charge in [0.1, 0.15) is 0 Å². The number of rotatable bonds is 6. The Labute approximate surface area is 309 Å². The molecule has 6 aromatic carbocycles. The molecule has 53 heavy (non-hydrogen) atoms. The largest absolute Gasteiger partial charge is 0.256 e. The van der Waals surface area contributed by atoms with Gasteiger partial charge in [-0.05, 0) is 92.0 Å². The molecule has 10 rings (SSSR count). The first-order valence-corrected chi connectivity index (χ1v) is 18.3. The summed E-state index contributed by atoms with van der Waals surface area (Å²) < 4.78 is 0. The number of aromatic nitrogens is 3. The van der Waals surface area contributed by atoms with Crippen LogP contribution in [0.5, 0.6) is 0 Å². The number of hydrogen-bond donors (Lipinski definition) is 0. The van der Waals surface area contributed by atoms with Gasteiger partial charge in [0.05, 0.1) is 17.1 Å². The van der Waals surface area contributed by atoms with E-state index in [-0.39, 0.29) is 0 Å². The molecule has 2 aliphatic carbocycles. The summed E-state index contributed by atoms with van der Waals surface area (Å²) in [6, 6.07) is 55.8. The van der Waals surface area contributed by atoms with E-state index in [0.717, 1.165) is 56.0 Å². The topological polar surface area (TPSA) is 38.7 Å². The van der Waals surface area contributed by atoms with Crippen LogP contribution in [-0.2, 0) is 0 Å². The third kappa shape index (κ3) is 5.58. The SMILES string of the molecule is CC1C=C(c2cc(-c3ccc(-c4ccccn4)cc3)cc(-c3nc(-c4ccccc4)cc(-c4ccccc4)n3)c2)c2ccc3cccc4c3c2C1C=C4. The van der Waals surface area contributed by atoms with E-state index in [1.54, 1.807) is 0 Å². The van der Waals surface area contributed by atoms with Crippen LogP contribution in [0.4, 0.5) is 0 Å². The molecule has 3 heteroatoms. The summed E-state index contributed by atoms with van der Waals surface area (Å²) in [6.45, 7) is 2.35. The van der Waals surface area contributed by atoms with E-state index in [2.05, 4.69) is 164 Å². The van der Waals surface area contributed by atoms with Gasteiger partial charge in [0.15, 0.2) is 5.82 Å². The van der Waals surface area contributed by atoms with Crippen molar-refractivity contribution in [2.75, 3.05) is 0 Å². The minimum absolute atomic E-state index is 0.333. The first kappa shape index (κ1) is 31.1. The van der Waals surface area contributed by atoms with Crippen LogP contribution in [-0.4, -0.2) is 15.0 Å². The minimum atomic E-state index is 0.333. The smallest absolute Gasteiger partial charge is 0.160 e. The highest BCUT2D eigenvalue weighted by Gasteiger charge is 2.31. The van der Waals surface area contributed by atoms with Gasteiger partial charge < -0.3 is 0 Å².